The summed E-state index contributed by atoms with van der Waals surface area (Å²) < 4.78 is 10.4. The van der Waals surface area contributed by atoms with Gasteiger partial charge in [0.25, 0.3) is 5.91 Å². The number of nitrogen functional groups attached to an aromatic ring is 1. The number of anilines is 2. The van der Waals surface area contributed by atoms with Gasteiger partial charge in [-0.2, -0.15) is 0 Å². The van der Waals surface area contributed by atoms with Crippen LogP contribution in [-0.4, -0.2) is 18.5 Å². The highest BCUT2D eigenvalue weighted by molar-refractivity contribution is 6.05. The van der Waals surface area contributed by atoms with Crippen molar-refractivity contribution in [2.75, 3.05) is 17.7 Å². The van der Waals surface area contributed by atoms with Crippen LogP contribution in [0.25, 0.3) is 12.2 Å². The molecule has 3 rings (SSSR count). The molecular weight excluding hydrogens is 384 g/mol. The Balaban J connectivity index is 1.98. The molecule has 2 aromatic carbocycles. The molecule has 7 nitrogen and oxygen atoms in total. The van der Waals surface area contributed by atoms with Crippen molar-refractivity contribution in [2.24, 2.45) is 0 Å². The van der Waals surface area contributed by atoms with Gasteiger partial charge in [0.05, 0.1) is 6.61 Å². The molecule has 0 radical (unpaired) electrons. The molecule has 3 aromatic rings. The van der Waals surface area contributed by atoms with Crippen LogP contribution in [0.15, 0.2) is 69.9 Å². The smallest absolute Gasteiger partial charge is 0.360 e. The average molecular weight is 404 g/mol. The SMILES string of the molecule is CCOC(=O)c1cc(NC(=O)c2ccccc2)c(=O)oc1/C=C/c1ccccc1N. The molecule has 7 heteroatoms. The number of benzene rings is 2. The fraction of sp³-hybridized carbons (Fsp3) is 0.0870. The number of hydrogen-bond donors (Lipinski definition) is 2. The van der Waals surface area contributed by atoms with Crippen LogP contribution in [0.2, 0.25) is 0 Å². The Morgan fingerprint density at radius 1 is 1.07 bits per heavy atom. The molecule has 1 aromatic heterocycles. The number of carbonyl (C=O) groups excluding carboxylic acids is 2. The zero-order valence-corrected chi connectivity index (χ0v) is 16.3. The first-order valence-electron chi connectivity index (χ1n) is 9.24. The van der Waals surface area contributed by atoms with E-state index < -0.39 is 17.5 Å². The lowest BCUT2D eigenvalue weighted by molar-refractivity contribution is 0.0522. The topological polar surface area (TPSA) is 112 Å². The van der Waals surface area contributed by atoms with Gasteiger partial charge in [0.15, 0.2) is 0 Å². The van der Waals surface area contributed by atoms with Crippen LogP contribution in [0.5, 0.6) is 0 Å². The second kappa shape index (κ2) is 9.38. The molecule has 30 heavy (non-hydrogen) atoms. The Labute approximate surface area is 172 Å². The van der Waals surface area contributed by atoms with Crippen molar-refractivity contribution in [3.63, 3.8) is 0 Å². The van der Waals surface area contributed by atoms with E-state index in [4.69, 9.17) is 14.9 Å². The van der Waals surface area contributed by atoms with Crippen LogP contribution < -0.4 is 16.7 Å². The van der Waals surface area contributed by atoms with Gasteiger partial charge in [-0.1, -0.05) is 36.4 Å². The molecule has 0 aliphatic carbocycles. The van der Waals surface area contributed by atoms with Gasteiger partial charge in [0.2, 0.25) is 0 Å². The second-order valence-electron chi connectivity index (χ2n) is 6.23. The molecule has 3 N–H and O–H groups in total. The third-order valence-electron chi connectivity index (χ3n) is 4.17. The molecule has 0 bridgehead atoms. The van der Waals surface area contributed by atoms with Gasteiger partial charge in [-0.25, -0.2) is 9.59 Å². The van der Waals surface area contributed by atoms with E-state index in [0.29, 0.717) is 16.8 Å². The number of esters is 1. The van der Waals surface area contributed by atoms with Crippen LogP contribution in [0, 0.1) is 0 Å². The first-order chi connectivity index (χ1) is 14.5. The molecule has 1 heterocycles. The van der Waals surface area contributed by atoms with E-state index in [1.165, 1.54) is 12.1 Å². The molecule has 152 valence electrons. The standard InChI is InChI=1S/C23H20N2O5/c1-2-29-22(27)17-14-19(25-21(26)16-9-4-3-5-10-16)23(28)30-20(17)13-12-15-8-6-7-11-18(15)24/h3-14H,2,24H2,1H3,(H,25,26)/b13-12+. The fourth-order valence-electron chi connectivity index (χ4n) is 2.68. The van der Waals surface area contributed by atoms with Crippen molar-refractivity contribution in [2.45, 2.75) is 6.92 Å². The first-order valence-corrected chi connectivity index (χ1v) is 9.24. The van der Waals surface area contributed by atoms with Crippen molar-refractivity contribution in [1.29, 1.82) is 0 Å². The summed E-state index contributed by atoms with van der Waals surface area (Å²) >= 11 is 0. The monoisotopic (exact) mass is 404 g/mol. The van der Waals surface area contributed by atoms with Crippen molar-refractivity contribution in [3.8, 4) is 0 Å². The van der Waals surface area contributed by atoms with Crippen molar-refractivity contribution in [3.05, 3.63) is 93.5 Å². The Kier molecular flexibility index (Phi) is 6.44. The molecular formula is C23H20N2O5. The number of carbonyl (C=O) groups is 2. The van der Waals surface area contributed by atoms with Gasteiger partial charge in [-0.05, 0) is 48.9 Å². The van der Waals surface area contributed by atoms with Crippen molar-refractivity contribution >= 4 is 35.4 Å². The summed E-state index contributed by atoms with van der Waals surface area (Å²) in [5.74, 6) is -1.19. The number of para-hydroxylation sites is 1. The summed E-state index contributed by atoms with van der Waals surface area (Å²) in [5.41, 5.74) is 6.53. The van der Waals surface area contributed by atoms with Crippen LogP contribution in [0.1, 0.15) is 39.0 Å². The minimum absolute atomic E-state index is 0.000543. The Hall–Kier alpha value is -4.13. The highest BCUT2D eigenvalue weighted by atomic mass is 16.5. The van der Waals surface area contributed by atoms with Crippen LogP contribution in [-0.2, 0) is 4.74 Å². The maximum absolute atomic E-state index is 12.4. The maximum Gasteiger partial charge on any atom is 0.360 e. The largest absolute Gasteiger partial charge is 0.462 e. The minimum Gasteiger partial charge on any atom is -0.462 e. The van der Waals surface area contributed by atoms with E-state index in [1.807, 2.05) is 0 Å². The van der Waals surface area contributed by atoms with E-state index in [1.54, 1.807) is 67.6 Å². The van der Waals surface area contributed by atoms with E-state index in [-0.39, 0.29) is 23.6 Å². The van der Waals surface area contributed by atoms with Gasteiger partial charge < -0.3 is 20.2 Å². The number of nitrogens with one attached hydrogen (secondary N) is 1. The van der Waals surface area contributed by atoms with E-state index in [0.717, 1.165) is 0 Å². The summed E-state index contributed by atoms with van der Waals surface area (Å²) in [5, 5.41) is 2.48. The van der Waals surface area contributed by atoms with Gasteiger partial charge in [-0.15, -0.1) is 0 Å². The second-order valence-corrected chi connectivity index (χ2v) is 6.23. The lowest BCUT2D eigenvalue weighted by Gasteiger charge is -2.09. The summed E-state index contributed by atoms with van der Waals surface area (Å²) in [6, 6.07) is 16.7. The Morgan fingerprint density at radius 2 is 1.77 bits per heavy atom. The zero-order valence-electron chi connectivity index (χ0n) is 16.3. The van der Waals surface area contributed by atoms with E-state index >= 15 is 0 Å². The van der Waals surface area contributed by atoms with Crippen LogP contribution in [0.4, 0.5) is 11.4 Å². The number of hydrogen-bond acceptors (Lipinski definition) is 6. The maximum atomic E-state index is 12.4. The molecule has 0 aliphatic rings. The van der Waals surface area contributed by atoms with Crippen molar-refractivity contribution in [1.82, 2.24) is 0 Å². The summed E-state index contributed by atoms with van der Waals surface area (Å²) in [4.78, 5) is 37.2. The highest BCUT2D eigenvalue weighted by Crippen LogP contribution is 2.19. The van der Waals surface area contributed by atoms with Crippen LogP contribution in [0.3, 0.4) is 0 Å². The number of rotatable bonds is 6. The lowest BCUT2D eigenvalue weighted by Crippen LogP contribution is -2.20. The Morgan fingerprint density at radius 3 is 2.47 bits per heavy atom. The van der Waals surface area contributed by atoms with Gasteiger partial charge in [0, 0.05) is 11.3 Å². The van der Waals surface area contributed by atoms with E-state index in [9.17, 15) is 14.4 Å². The number of nitrogens with two attached hydrogens (primary N) is 1. The molecule has 0 aliphatic heterocycles. The van der Waals surface area contributed by atoms with Gasteiger partial charge in [0.1, 0.15) is 17.0 Å². The fourth-order valence-corrected chi connectivity index (χ4v) is 2.68. The minimum atomic E-state index is -0.798. The molecule has 0 spiro atoms. The molecule has 0 unspecified atom stereocenters. The molecule has 0 fully saturated rings. The predicted molar refractivity (Wildman–Crippen MR) is 115 cm³/mol. The quantitative estimate of drug-likeness (QED) is 0.477. The lowest BCUT2D eigenvalue weighted by atomic mass is 10.1. The third-order valence-corrected chi connectivity index (χ3v) is 4.17. The van der Waals surface area contributed by atoms with Crippen LogP contribution >= 0.6 is 0 Å². The van der Waals surface area contributed by atoms with Crippen molar-refractivity contribution < 1.29 is 18.7 Å². The molecule has 0 saturated carbocycles. The highest BCUT2D eigenvalue weighted by Gasteiger charge is 2.19. The summed E-state index contributed by atoms with van der Waals surface area (Å²) in [6.07, 6.45) is 3.08. The number of ether oxygens (including phenoxy) is 1. The predicted octanol–water partition coefficient (Wildman–Crippen LogP) is 3.82. The third kappa shape index (κ3) is 4.82. The normalized spacial score (nSPS) is 10.7. The van der Waals surface area contributed by atoms with Gasteiger partial charge in [-0.3, -0.25) is 4.79 Å². The zero-order chi connectivity index (χ0) is 21.5. The number of amides is 1. The Bertz CT molecular complexity index is 1150. The summed E-state index contributed by atoms with van der Waals surface area (Å²) in [7, 11) is 0. The van der Waals surface area contributed by atoms with E-state index in [2.05, 4.69) is 5.32 Å². The molecule has 0 atom stereocenters. The van der Waals surface area contributed by atoms with Gasteiger partial charge >= 0.3 is 11.6 Å². The molecule has 0 saturated heterocycles. The molecule has 1 amide bonds. The summed E-state index contributed by atoms with van der Waals surface area (Å²) in [6.45, 7) is 1.80. The first kappa shape index (κ1) is 20.6. The average Bonchev–Trinajstić information content (AvgIpc) is 2.75.